The molecule has 0 bridgehead atoms. The second kappa shape index (κ2) is 11.7. The highest BCUT2D eigenvalue weighted by molar-refractivity contribution is 6.74. The van der Waals surface area contributed by atoms with E-state index in [1.165, 1.54) is 0 Å². The molecular weight excluding hydrogens is 429 g/mol. The standard InChI is InChI=1S/C26H36BNO4Si/c1-26(2,3)33(4,5)32-23(18-21(24(29)30)16-19-12-8-6-9-13-19)22(28-25(27)31)17-20-14-10-7-11-15-20/h6-15,21-23H,16-18H2,1-5H3,(H,28,31)(H,29,30)/t21-,22?,23+/m0/s1. The van der Waals surface area contributed by atoms with Crippen molar-refractivity contribution >= 4 is 27.9 Å². The summed E-state index contributed by atoms with van der Waals surface area (Å²) in [5.74, 6) is -2.18. The van der Waals surface area contributed by atoms with E-state index in [0.29, 0.717) is 12.8 Å². The number of hydrogen-bond donors (Lipinski definition) is 2. The van der Waals surface area contributed by atoms with Crippen molar-refractivity contribution in [1.82, 2.24) is 5.32 Å². The van der Waals surface area contributed by atoms with Crippen molar-refractivity contribution in [1.29, 1.82) is 0 Å². The van der Waals surface area contributed by atoms with Crippen LogP contribution in [0.3, 0.4) is 0 Å². The number of carbonyl (C=O) groups is 2. The van der Waals surface area contributed by atoms with Crippen LogP contribution in [-0.2, 0) is 22.1 Å². The van der Waals surface area contributed by atoms with Crippen molar-refractivity contribution in [3.05, 3.63) is 71.8 Å². The maximum atomic E-state index is 12.2. The Hall–Kier alpha value is -2.38. The van der Waals surface area contributed by atoms with Crippen molar-refractivity contribution in [3.63, 3.8) is 0 Å². The minimum Gasteiger partial charge on any atom is -0.481 e. The summed E-state index contributed by atoms with van der Waals surface area (Å²) < 4.78 is 6.76. The van der Waals surface area contributed by atoms with Crippen molar-refractivity contribution < 1.29 is 19.1 Å². The lowest BCUT2D eigenvalue weighted by Crippen LogP contribution is -2.53. The molecule has 1 amide bonds. The summed E-state index contributed by atoms with van der Waals surface area (Å²) in [5, 5.41) is 12.8. The van der Waals surface area contributed by atoms with E-state index in [-0.39, 0.29) is 11.5 Å². The summed E-state index contributed by atoms with van der Waals surface area (Å²) in [6.45, 7) is 10.7. The van der Waals surface area contributed by atoms with Gasteiger partial charge in [-0.1, -0.05) is 81.4 Å². The molecule has 2 rings (SSSR count). The SMILES string of the molecule is [B]C(=O)NC(Cc1ccccc1)[C@@H](C[C@H](Cc1ccccc1)C(=O)O)O[Si](C)(C)C(C)(C)C. The molecular formula is C26H36BNO4Si. The first-order valence-electron chi connectivity index (χ1n) is 11.4. The van der Waals surface area contributed by atoms with E-state index in [9.17, 15) is 14.7 Å². The van der Waals surface area contributed by atoms with Crippen LogP contribution >= 0.6 is 0 Å². The molecule has 3 atom stereocenters. The van der Waals surface area contributed by atoms with Crippen LogP contribution in [0.1, 0.15) is 38.3 Å². The van der Waals surface area contributed by atoms with Gasteiger partial charge in [0.15, 0.2) is 14.1 Å². The number of hydrogen-bond acceptors (Lipinski definition) is 3. The predicted molar refractivity (Wildman–Crippen MR) is 136 cm³/mol. The second-order valence-corrected chi connectivity index (χ2v) is 14.9. The van der Waals surface area contributed by atoms with Crippen LogP contribution < -0.4 is 5.32 Å². The van der Waals surface area contributed by atoms with Crippen molar-refractivity contribution in [2.75, 3.05) is 0 Å². The number of carboxylic acid groups (broad SMARTS) is 1. The molecule has 7 heteroatoms. The van der Waals surface area contributed by atoms with Crippen LogP contribution in [0.25, 0.3) is 0 Å². The first kappa shape index (κ1) is 26.9. The fourth-order valence-corrected chi connectivity index (χ4v) is 5.00. The summed E-state index contributed by atoms with van der Waals surface area (Å²) in [7, 11) is 3.26. The summed E-state index contributed by atoms with van der Waals surface area (Å²) in [6.07, 6.45) is 0.667. The molecule has 2 radical (unpaired) electrons. The van der Waals surface area contributed by atoms with Crippen LogP contribution in [0.5, 0.6) is 0 Å². The molecule has 0 heterocycles. The van der Waals surface area contributed by atoms with Gasteiger partial charge < -0.3 is 14.8 Å². The number of carboxylic acids is 1. The number of rotatable bonds is 11. The molecule has 0 spiro atoms. The van der Waals surface area contributed by atoms with Gasteiger partial charge in [0.1, 0.15) is 0 Å². The Labute approximate surface area is 200 Å². The highest BCUT2D eigenvalue weighted by Gasteiger charge is 2.42. The van der Waals surface area contributed by atoms with Gasteiger partial charge in [0.2, 0.25) is 7.85 Å². The predicted octanol–water partition coefficient (Wildman–Crippen LogP) is 5.20. The van der Waals surface area contributed by atoms with Gasteiger partial charge in [-0.05, 0) is 48.5 Å². The highest BCUT2D eigenvalue weighted by Crippen LogP contribution is 2.38. The third-order valence-corrected chi connectivity index (χ3v) is 11.0. The van der Waals surface area contributed by atoms with E-state index in [1.54, 1.807) is 0 Å². The molecule has 0 aliphatic heterocycles. The fraction of sp³-hybridized carbons (Fsp3) is 0.462. The van der Waals surface area contributed by atoms with Crippen LogP contribution in [0.15, 0.2) is 60.7 Å². The molecule has 0 fully saturated rings. The Morgan fingerprint density at radius 1 is 0.970 bits per heavy atom. The van der Waals surface area contributed by atoms with Gasteiger partial charge in [0, 0.05) is 0 Å². The molecule has 0 aliphatic carbocycles. The lowest BCUT2D eigenvalue weighted by Gasteiger charge is -2.42. The van der Waals surface area contributed by atoms with Crippen LogP contribution in [-0.4, -0.2) is 45.2 Å². The normalized spacial score (nSPS) is 14.8. The minimum atomic E-state index is -2.28. The van der Waals surface area contributed by atoms with Gasteiger partial charge in [-0.3, -0.25) is 9.59 Å². The Bertz CT molecular complexity index is 900. The number of amides is 1. The molecule has 2 aromatic rings. The number of aliphatic carboxylic acids is 1. The van der Waals surface area contributed by atoms with Crippen molar-refractivity contribution in [2.45, 2.75) is 70.3 Å². The third kappa shape index (κ3) is 8.48. The zero-order valence-electron chi connectivity index (χ0n) is 20.4. The van der Waals surface area contributed by atoms with E-state index >= 15 is 0 Å². The van der Waals surface area contributed by atoms with Crippen LogP contribution in [0.2, 0.25) is 18.1 Å². The lowest BCUT2D eigenvalue weighted by atomic mass is 9.89. The lowest BCUT2D eigenvalue weighted by molar-refractivity contribution is -0.142. The Balaban J connectivity index is 2.39. The Kier molecular flexibility index (Phi) is 9.49. The summed E-state index contributed by atoms with van der Waals surface area (Å²) in [4.78, 5) is 24.2. The first-order chi connectivity index (χ1) is 15.4. The topological polar surface area (TPSA) is 75.6 Å². The maximum absolute atomic E-state index is 12.2. The Morgan fingerprint density at radius 3 is 1.88 bits per heavy atom. The monoisotopic (exact) mass is 465 g/mol. The first-order valence-corrected chi connectivity index (χ1v) is 14.3. The number of nitrogens with one attached hydrogen (secondary N) is 1. The average molecular weight is 465 g/mol. The molecule has 0 saturated heterocycles. The zero-order valence-corrected chi connectivity index (χ0v) is 21.4. The molecule has 0 aromatic heterocycles. The quantitative estimate of drug-likeness (QED) is 0.448. The van der Waals surface area contributed by atoms with Gasteiger partial charge in [-0.25, -0.2) is 0 Å². The van der Waals surface area contributed by atoms with Gasteiger partial charge in [0.05, 0.1) is 18.1 Å². The Morgan fingerprint density at radius 2 is 1.45 bits per heavy atom. The molecule has 5 nitrogen and oxygen atoms in total. The third-order valence-electron chi connectivity index (χ3n) is 6.52. The zero-order chi connectivity index (χ0) is 24.6. The smallest absolute Gasteiger partial charge is 0.306 e. The van der Waals surface area contributed by atoms with E-state index < -0.39 is 38.2 Å². The molecule has 2 aromatic carbocycles. The van der Waals surface area contributed by atoms with Gasteiger partial charge in [-0.2, -0.15) is 0 Å². The largest absolute Gasteiger partial charge is 0.481 e. The second-order valence-electron chi connectivity index (χ2n) is 10.2. The molecule has 0 aliphatic rings. The van der Waals surface area contributed by atoms with E-state index in [4.69, 9.17) is 12.3 Å². The maximum Gasteiger partial charge on any atom is 0.306 e. The van der Waals surface area contributed by atoms with Gasteiger partial charge >= 0.3 is 5.97 Å². The number of benzene rings is 2. The average Bonchev–Trinajstić information content (AvgIpc) is 2.72. The molecule has 176 valence electrons. The summed E-state index contributed by atoms with van der Waals surface area (Å²) >= 11 is 0. The van der Waals surface area contributed by atoms with Crippen LogP contribution in [0.4, 0.5) is 4.79 Å². The number of carbonyl (C=O) groups excluding carboxylic acids is 1. The molecule has 1 unspecified atom stereocenters. The van der Waals surface area contributed by atoms with E-state index in [2.05, 4.69) is 39.2 Å². The molecule has 33 heavy (non-hydrogen) atoms. The van der Waals surface area contributed by atoms with E-state index in [1.807, 2.05) is 60.7 Å². The summed E-state index contributed by atoms with van der Waals surface area (Å²) in [6, 6.07) is 18.9. The molecule has 0 saturated carbocycles. The molecule has 2 N–H and O–H groups in total. The van der Waals surface area contributed by atoms with Crippen LogP contribution in [0, 0.1) is 5.92 Å². The van der Waals surface area contributed by atoms with Gasteiger partial charge in [-0.15, -0.1) is 0 Å². The van der Waals surface area contributed by atoms with Crippen molar-refractivity contribution in [3.8, 4) is 0 Å². The summed E-state index contributed by atoms with van der Waals surface area (Å²) in [5.41, 5.74) is 1.98. The fourth-order valence-electron chi connectivity index (χ4n) is 3.63. The minimum absolute atomic E-state index is 0.0760. The van der Waals surface area contributed by atoms with Crippen molar-refractivity contribution in [2.24, 2.45) is 5.92 Å². The highest BCUT2D eigenvalue weighted by atomic mass is 28.4. The van der Waals surface area contributed by atoms with E-state index in [0.717, 1.165) is 11.1 Å². The van der Waals surface area contributed by atoms with Gasteiger partial charge in [0.25, 0.3) is 0 Å².